The number of ketones is 1. The second-order valence-electron chi connectivity index (χ2n) is 4.01. The minimum absolute atomic E-state index is 0.0714. The summed E-state index contributed by atoms with van der Waals surface area (Å²) in [5.41, 5.74) is 0.367. The SMILES string of the molecule is COc1ccc(Cl)cc1C(=O)c1cc(F)cc(C#N)c1. The lowest BCUT2D eigenvalue weighted by Crippen LogP contribution is -2.05. The van der Waals surface area contributed by atoms with Crippen molar-refractivity contribution in [2.24, 2.45) is 0 Å². The maximum atomic E-state index is 13.4. The van der Waals surface area contributed by atoms with Crippen LogP contribution in [0.15, 0.2) is 36.4 Å². The standard InChI is InChI=1S/C15H9ClFNO2/c1-20-14-3-2-11(16)7-13(14)15(19)10-4-9(8-18)5-12(17)6-10/h2-7H,1H3. The molecule has 0 N–H and O–H groups in total. The van der Waals surface area contributed by atoms with E-state index in [1.807, 2.05) is 0 Å². The Bertz CT molecular complexity index is 722. The molecule has 0 saturated heterocycles. The highest BCUT2D eigenvalue weighted by atomic mass is 35.5. The Labute approximate surface area is 120 Å². The van der Waals surface area contributed by atoms with Gasteiger partial charge in [0.1, 0.15) is 11.6 Å². The summed E-state index contributed by atoms with van der Waals surface area (Å²) in [5.74, 6) is -0.768. The molecule has 5 heteroatoms. The molecule has 0 aliphatic rings. The smallest absolute Gasteiger partial charge is 0.196 e. The van der Waals surface area contributed by atoms with Crippen LogP contribution in [0.2, 0.25) is 5.02 Å². The zero-order valence-electron chi connectivity index (χ0n) is 10.5. The van der Waals surface area contributed by atoms with Gasteiger partial charge in [0.2, 0.25) is 0 Å². The van der Waals surface area contributed by atoms with Crippen LogP contribution in [0, 0.1) is 17.1 Å². The van der Waals surface area contributed by atoms with E-state index >= 15 is 0 Å². The van der Waals surface area contributed by atoms with Gasteiger partial charge in [0.15, 0.2) is 5.78 Å². The average Bonchev–Trinajstić information content (AvgIpc) is 2.45. The molecule has 3 nitrogen and oxygen atoms in total. The van der Waals surface area contributed by atoms with Gasteiger partial charge in [-0.1, -0.05) is 11.6 Å². The van der Waals surface area contributed by atoms with Crippen LogP contribution in [-0.4, -0.2) is 12.9 Å². The molecule has 0 unspecified atom stereocenters. The first-order valence-electron chi connectivity index (χ1n) is 5.64. The van der Waals surface area contributed by atoms with Crippen LogP contribution in [0.3, 0.4) is 0 Å². The predicted octanol–water partition coefficient (Wildman–Crippen LogP) is 3.59. The van der Waals surface area contributed by atoms with E-state index in [1.165, 1.54) is 19.2 Å². The lowest BCUT2D eigenvalue weighted by molar-refractivity contribution is 0.103. The molecule has 0 spiro atoms. The molecule has 20 heavy (non-hydrogen) atoms. The number of nitrogens with zero attached hydrogens (tertiary/aromatic N) is 1. The summed E-state index contributed by atoms with van der Waals surface area (Å²) in [6.07, 6.45) is 0. The van der Waals surface area contributed by atoms with Crippen LogP contribution >= 0.6 is 11.6 Å². The fourth-order valence-corrected chi connectivity index (χ4v) is 1.97. The molecular weight excluding hydrogens is 281 g/mol. The van der Waals surface area contributed by atoms with Crippen LogP contribution in [0.1, 0.15) is 21.5 Å². The molecule has 0 aliphatic carbocycles. The van der Waals surface area contributed by atoms with Gasteiger partial charge in [0.05, 0.1) is 24.3 Å². The third kappa shape index (κ3) is 2.79. The Balaban J connectivity index is 2.54. The molecule has 0 atom stereocenters. The molecule has 0 amide bonds. The number of halogens is 2. The van der Waals surface area contributed by atoms with Crippen LogP contribution in [0.25, 0.3) is 0 Å². The van der Waals surface area contributed by atoms with E-state index < -0.39 is 11.6 Å². The van der Waals surface area contributed by atoms with Crippen LogP contribution < -0.4 is 4.74 Å². The number of ether oxygens (including phenoxy) is 1. The van der Waals surface area contributed by atoms with Crippen LogP contribution in [0.4, 0.5) is 4.39 Å². The Kier molecular flexibility index (Phi) is 4.02. The van der Waals surface area contributed by atoms with Gasteiger partial charge in [-0.2, -0.15) is 5.26 Å². The molecule has 0 heterocycles. The number of carbonyl (C=O) groups excluding carboxylic acids is 1. The van der Waals surface area contributed by atoms with Crippen molar-refractivity contribution < 1.29 is 13.9 Å². The van der Waals surface area contributed by atoms with E-state index in [0.29, 0.717) is 10.8 Å². The second-order valence-corrected chi connectivity index (χ2v) is 4.45. The van der Waals surface area contributed by atoms with Gasteiger partial charge in [-0.05, 0) is 36.4 Å². The van der Waals surface area contributed by atoms with Gasteiger partial charge < -0.3 is 4.74 Å². The minimum atomic E-state index is -0.645. The summed E-state index contributed by atoms with van der Waals surface area (Å²) in [7, 11) is 1.42. The quantitative estimate of drug-likeness (QED) is 0.811. The normalized spacial score (nSPS) is 9.90. The highest BCUT2D eigenvalue weighted by Gasteiger charge is 2.16. The molecule has 0 aliphatic heterocycles. The number of nitriles is 1. The fourth-order valence-electron chi connectivity index (χ4n) is 1.80. The largest absolute Gasteiger partial charge is 0.496 e. The molecule has 2 aromatic rings. The fraction of sp³-hybridized carbons (Fsp3) is 0.0667. The van der Waals surface area contributed by atoms with Crippen molar-refractivity contribution >= 4 is 17.4 Å². The van der Waals surface area contributed by atoms with Gasteiger partial charge in [-0.25, -0.2) is 4.39 Å². The first kappa shape index (κ1) is 14.0. The van der Waals surface area contributed by atoms with Crippen molar-refractivity contribution in [3.63, 3.8) is 0 Å². The summed E-state index contributed by atoms with van der Waals surface area (Å²) in [6.45, 7) is 0. The topological polar surface area (TPSA) is 50.1 Å². The Morgan fingerprint density at radius 3 is 2.70 bits per heavy atom. The van der Waals surface area contributed by atoms with Crippen molar-refractivity contribution in [1.29, 1.82) is 5.26 Å². The molecule has 0 fully saturated rings. The minimum Gasteiger partial charge on any atom is -0.496 e. The van der Waals surface area contributed by atoms with Crippen molar-refractivity contribution in [2.75, 3.05) is 7.11 Å². The number of methoxy groups -OCH3 is 1. The molecule has 0 aromatic heterocycles. The molecule has 2 aromatic carbocycles. The molecule has 2 rings (SSSR count). The second kappa shape index (κ2) is 5.72. The number of rotatable bonds is 3. The summed E-state index contributed by atoms with van der Waals surface area (Å²) >= 11 is 5.86. The van der Waals surface area contributed by atoms with E-state index in [9.17, 15) is 9.18 Å². The molecule has 100 valence electrons. The van der Waals surface area contributed by atoms with Crippen LogP contribution in [0.5, 0.6) is 5.75 Å². The Morgan fingerprint density at radius 1 is 1.30 bits per heavy atom. The lowest BCUT2D eigenvalue weighted by atomic mass is 10.0. The van der Waals surface area contributed by atoms with Crippen molar-refractivity contribution in [1.82, 2.24) is 0 Å². The van der Waals surface area contributed by atoms with Crippen molar-refractivity contribution in [2.45, 2.75) is 0 Å². The highest BCUT2D eigenvalue weighted by Crippen LogP contribution is 2.25. The predicted molar refractivity (Wildman–Crippen MR) is 72.6 cm³/mol. The summed E-state index contributed by atoms with van der Waals surface area (Å²) in [6, 6.07) is 9.85. The van der Waals surface area contributed by atoms with Crippen molar-refractivity contribution in [3.05, 3.63) is 63.9 Å². The third-order valence-corrected chi connectivity index (χ3v) is 2.93. The summed E-state index contributed by atoms with van der Waals surface area (Å²) < 4.78 is 18.5. The first-order valence-corrected chi connectivity index (χ1v) is 6.02. The summed E-state index contributed by atoms with van der Waals surface area (Å²) in [4.78, 5) is 12.4. The molecule has 0 radical (unpaired) electrons. The number of benzene rings is 2. The first-order chi connectivity index (χ1) is 9.55. The monoisotopic (exact) mass is 289 g/mol. The van der Waals surface area contributed by atoms with E-state index in [0.717, 1.165) is 12.1 Å². The van der Waals surface area contributed by atoms with Gasteiger partial charge in [0, 0.05) is 10.6 Å². The lowest BCUT2D eigenvalue weighted by Gasteiger charge is -2.08. The van der Waals surface area contributed by atoms with E-state index in [2.05, 4.69) is 0 Å². The molecule has 0 saturated carbocycles. The average molecular weight is 290 g/mol. The van der Waals surface area contributed by atoms with Crippen molar-refractivity contribution in [3.8, 4) is 11.8 Å². The van der Waals surface area contributed by atoms with Gasteiger partial charge in [-0.15, -0.1) is 0 Å². The van der Waals surface area contributed by atoms with Gasteiger partial charge in [-0.3, -0.25) is 4.79 Å². The van der Waals surface area contributed by atoms with Crippen LogP contribution in [-0.2, 0) is 0 Å². The van der Waals surface area contributed by atoms with Gasteiger partial charge >= 0.3 is 0 Å². The maximum absolute atomic E-state index is 13.4. The summed E-state index contributed by atoms with van der Waals surface area (Å²) in [5, 5.41) is 9.18. The van der Waals surface area contributed by atoms with E-state index in [1.54, 1.807) is 18.2 Å². The zero-order chi connectivity index (χ0) is 14.7. The zero-order valence-corrected chi connectivity index (χ0v) is 11.2. The Morgan fingerprint density at radius 2 is 2.05 bits per heavy atom. The van der Waals surface area contributed by atoms with E-state index in [4.69, 9.17) is 21.6 Å². The third-order valence-electron chi connectivity index (χ3n) is 2.70. The maximum Gasteiger partial charge on any atom is 0.196 e. The molecular formula is C15H9ClFNO2. The molecule has 0 bridgehead atoms. The Hall–Kier alpha value is -2.38. The van der Waals surface area contributed by atoms with E-state index in [-0.39, 0.29) is 16.7 Å². The highest BCUT2D eigenvalue weighted by molar-refractivity contribution is 6.31. The van der Waals surface area contributed by atoms with Gasteiger partial charge in [0.25, 0.3) is 0 Å². The number of hydrogen-bond acceptors (Lipinski definition) is 3. The number of hydrogen-bond donors (Lipinski definition) is 0. The number of carbonyl (C=O) groups is 1.